The first-order chi connectivity index (χ1) is 14.5. The van der Waals surface area contributed by atoms with Crippen LogP contribution in [0.25, 0.3) is 0 Å². The fourth-order valence-corrected chi connectivity index (χ4v) is 5.86. The molecular weight excluding hydrogens is 402 g/mol. The molecule has 3 rings (SSSR count). The molecule has 1 saturated carbocycles. The van der Waals surface area contributed by atoms with Gasteiger partial charge in [-0.2, -0.15) is 0 Å². The van der Waals surface area contributed by atoms with Gasteiger partial charge in [0.15, 0.2) is 0 Å². The Labute approximate surface area is 179 Å². The Morgan fingerprint density at radius 1 is 0.833 bits per heavy atom. The molecule has 30 heavy (non-hydrogen) atoms. The predicted octanol–water partition coefficient (Wildman–Crippen LogP) is 2.04. The number of carbonyl (C=O) groups is 2. The summed E-state index contributed by atoms with van der Waals surface area (Å²) in [6.45, 7) is 1.58. The van der Waals surface area contributed by atoms with Gasteiger partial charge in [0, 0.05) is 38.0 Å². The second-order valence-corrected chi connectivity index (χ2v) is 10.3. The Balaban J connectivity index is 1.35. The molecule has 2 aliphatic rings. The summed E-state index contributed by atoms with van der Waals surface area (Å²) in [5.74, 6) is -0.0208. The normalized spacial score (nSPS) is 19.3. The van der Waals surface area contributed by atoms with E-state index in [4.69, 9.17) is 0 Å². The van der Waals surface area contributed by atoms with Crippen LogP contribution in [0.3, 0.4) is 0 Å². The van der Waals surface area contributed by atoms with Gasteiger partial charge in [0.05, 0.1) is 5.75 Å². The summed E-state index contributed by atoms with van der Waals surface area (Å²) >= 11 is 0. The standard InChI is InChI=1S/C22H33N3O4S/c26-21(19-9-5-2-6-10-19)23-13-14-24-22(27)20-11-15-25(16-12-20)30(28,29)17-18-7-3-1-4-8-18/h1,3-4,7-8,19-20H,2,5-6,9-17H2,(H,23,26)(H,24,27). The molecule has 0 aromatic heterocycles. The van der Waals surface area contributed by atoms with Gasteiger partial charge in [-0.1, -0.05) is 49.6 Å². The van der Waals surface area contributed by atoms with Gasteiger partial charge in [0.25, 0.3) is 0 Å². The van der Waals surface area contributed by atoms with Crippen LogP contribution in [0.1, 0.15) is 50.5 Å². The lowest BCUT2D eigenvalue weighted by atomic mass is 9.89. The minimum absolute atomic E-state index is 0.00854. The third kappa shape index (κ3) is 6.54. The Morgan fingerprint density at radius 2 is 1.37 bits per heavy atom. The molecule has 1 aromatic carbocycles. The van der Waals surface area contributed by atoms with E-state index in [1.807, 2.05) is 30.3 Å². The summed E-state index contributed by atoms with van der Waals surface area (Å²) in [4.78, 5) is 24.5. The van der Waals surface area contributed by atoms with E-state index in [1.165, 1.54) is 10.7 Å². The molecule has 2 N–H and O–H groups in total. The zero-order valence-corrected chi connectivity index (χ0v) is 18.3. The predicted molar refractivity (Wildman–Crippen MR) is 116 cm³/mol. The summed E-state index contributed by atoms with van der Waals surface area (Å²) in [5.41, 5.74) is 0.771. The van der Waals surface area contributed by atoms with Gasteiger partial charge in [-0.05, 0) is 31.2 Å². The summed E-state index contributed by atoms with van der Waals surface area (Å²) in [6, 6.07) is 9.15. The lowest BCUT2D eigenvalue weighted by Crippen LogP contribution is -2.44. The first kappa shape index (κ1) is 22.7. The van der Waals surface area contributed by atoms with Crippen LogP contribution in [0.15, 0.2) is 30.3 Å². The van der Waals surface area contributed by atoms with E-state index >= 15 is 0 Å². The molecule has 2 fully saturated rings. The molecule has 1 aliphatic heterocycles. The van der Waals surface area contributed by atoms with Crippen molar-refractivity contribution in [3.63, 3.8) is 0 Å². The van der Waals surface area contributed by atoms with Crippen LogP contribution >= 0.6 is 0 Å². The number of piperidine rings is 1. The average Bonchev–Trinajstić information content (AvgIpc) is 2.77. The highest BCUT2D eigenvalue weighted by atomic mass is 32.2. The second-order valence-electron chi connectivity index (χ2n) is 8.33. The number of nitrogens with zero attached hydrogens (tertiary/aromatic N) is 1. The maximum atomic E-state index is 12.6. The molecule has 0 radical (unpaired) electrons. The van der Waals surface area contributed by atoms with Crippen molar-refractivity contribution in [2.45, 2.75) is 50.7 Å². The Bertz CT molecular complexity index is 799. The third-order valence-electron chi connectivity index (χ3n) is 6.11. The summed E-state index contributed by atoms with van der Waals surface area (Å²) in [5, 5.41) is 5.80. The Morgan fingerprint density at radius 3 is 1.93 bits per heavy atom. The van der Waals surface area contributed by atoms with Crippen molar-refractivity contribution in [2.24, 2.45) is 11.8 Å². The number of sulfonamides is 1. The van der Waals surface area contributed by atoms with Crippen molar-refractivity contribution in [3.8, 4) is 0 Å². The van der Waals surface area contributed by atoms with E-state index in [1.54, 1.807) is 0 Å². The number of nitrogens with one attached hydrogen (secondary N) is 2. The molecule has 0 atom stereocenters. The molecule has 8 heteroatoms. The molecule has 0 spiro atoms. The zero-order chi connectivity index (χ0) is 21.4. The minimum atomic E-state index is -3.37. The van der Waals surface area contributed by atoms with Crippen LogP contribution in [0.4, 0.5) is 0 Å². The van der Waals surface area contributed by atoms with Crippen molar-refractivity contribution in [1.82, 2.24) is 14.9 Å². The van der Waals surface area contributed by atoms with E-state index < -0.39 is 10.0 Å². The SMILES string of the molecule is O=C(NCCNC(=O)C1CCN(S(=O)(=O)Cc2ccccc2)CC1)C1CCCCC1. The van der Waals surface area contributed by atoms with Gasteiger partial charge in [-0.15, -0.1) is 0 Å². The van der Waals surface area contributed by atoms with Crippen LogP contribution in [0.2, 0.25) is 0 Å². The lowest BCUT2D eigenvalue weighted by Gasteiger charge is -2.30. The molecule has 7 nitrogen and oxygen atoms in total. The quantitative estimate of drug-likeness (QED) is 0.611. The van der Waals surface area contributed by atoms with Crippen LogP contribution < -0.4 is 10.6 Å². The van der Waals surface area contributed by atoms with Crippen LogP contribution in [0.5, 0.6) is 0 Å². The van der Waals surface area contributed by atoms with Gasteiger partial charge < -0.3 is 10.6 Å². The molecular formula is C22H33N3O4S. The second kappa shape index (κ2) is 10.9. The largest absolute Gasteiger partial charge is 0.354 e. The number of carbonyl (C=O) groups excluding carboxylic acids is 2. The van der Waals surface area contributed by atoms with Crippen molar-refractivity contribution < 1.29 is 18.0 Å². The van der Waals surface area contributed by atoms with Crippen molar-refractivity contribution >= 4 is 21.8 Å². The topological polar surface area (TPSA) is 95.6 Å². The molecule has 1 aliphatic carbocycles. The highest BCUT2D eigenvalue weighted by Gasteiger charge is 2.31. The van der Waals surface area contributed by atoms with Crippen molar-refractivity contribution in [1.29, 1.82) is 0 Å². The van der Waals surface area contributed by atoms with Crippen LogP contribution in [-0.2, 0) is 25.4 Å². The summed E-state index contributed by atoms with van der Waals surface area (Å²) < 4.78 is 26.7. The fourth-order valence-electron chi connectivity index (χ4n) is 4.30. The molecule has 1 aromatic rings. The number of amides is 2. The molecule has 0 unspecified atom stereocenters. The molecule has 166 valence electrons. The Kier molecular flexibility index (Phi) is 8.27. The van der Waals surface area contributed by atoms with Crippen molar-refractivity contribution in [3.05, 3.63) is 35.9 Å². The summed E-state index contributed by atoms with van der Waals surface area (Å²) in [7, 11) is -3.37. The molecule has 1 heterocycles. The lowest BCUT2D eigenvalue weighted by molar-refractivity contribution is -0.127. The first-order valence-electron chi connectivity index (χ1n) is 11.0. The van der Waals surface area contributed by atoms with Crippen molar-refractivity contribution in [2.75, 3.05) is 26.2 Å². The van der Waals surface area contributed by atoms with Crippen LogP contribution in [-0.4, -0.2) is 50.7 Å². The average molecular weight is 436 g/mol. The number of rotatable bonds is 8. The minimum Gasteiger partial charge on any atom is -0.354 e. The van der Waals surface area contributed by atoms with Crippen LogP contribution in [0, 0.1) is 11.8 Å². The van der Waals surface area contributed by atoms with E-state index in [0.717, 1.165) is 31.2 Å². The fraction of sp³-hybridized carbons (Fsp3) is 0.636. The number of hydrogen-bond acceptors (Lipinski definition) is 4. The maximum absolute atomic E-state index is 12.6. The van der Waals surface area contributed by atoms with Gasteiger partial charge >= 0.3 is 0 Å². The third-order valence-corrected chi connectivity index (χ3v) is 7.96. The van der Waals surface area contributed by atoms with E-state index in [2.05, 4.69) is 10.6 Å². The van der Waals surface area contributed by atoms with Gasteiger partial charge in [0.1, 0.15) is 0 Å². The maximum Gasteiger partial charge on any atom is 0.223 e. The highest BCUT2D eigenvalue weighted by Crippen LogP contribution is 2.24. The number of hydrogen-bond donors (Lipinski definition) is 2. The van der Waals surface area contributed by atoms with Gasteiger partial charge in [-0.3, -0.25) is 9.59 Å². The molecule has 0 bridgehead atoms. The van der Waals surface area contributed by atoms with E-state index in [0.29, 0.717) is 39.0 Å². The smallest absolute Gasteiger partial charge is 0.223 e. The highest BCUT2D eigenvalue weighted by molar-refractivity contribution is 7.88. The molecule has 2 amide bonds. The van der Waals surface area contributed by atoms with Gasteiger partial charge in [-0.25, -0.2) is 12.7 Å². The van der Waals surface area contributed by atoms with E-state index in [-0.39, 0.29) is 29.4 Å². The number of benzene rings is 1. The van der Waals surface area contributed by atoms with E-state index in [9.17, 15) is 18.0 Å². The Hall–Kier alpha value is -1.93. The molecule has 1 saturated heterocycles. The van der Waals surface area contributed by atoms with Gasteiger partial charge in [0.2, 0.25) is 21.8 Å². The zero-order valence-electron chi connectivity index (χ0n) is 17.5. The first-order valence-corrected chi connectivity index (χ1v) is 12.6. The monoisotopic (exact) mass is 435 g/mol. The summed E-state index contributed by atoms with van der Waals surface area (Å²) in [6.07, 6.45) is 6.42.